The molecule has 6 nitrogen and oxygen atoms in total. The quantitative estimate of drug-likeness (QED) is 0.460. The summed E-state index contributed by atoms with van der Waals surface area (Å²) in [7, 11) is 0. The van der Waals surface area contributed by atoms with Gasteiger partial charge in [0.1, 0.15) is 0 Å². The van der Waals surface area contributed by atoms with Gasteiger partial charge >= 0.3 is 0 Å². The Labute approximate surface area is 103 Å². The molecule has 0 aliphatic carbocycles. The van der Waals surface area contributed by atoms with Gasteiger partial charge in [-0.2, -0.15) is 0 Å². The van der Waals surface area contributed by atoms with Crippen molar-refractivity contribution in [2.75, 3.05) is 11.9 Å². The highest BCUT2D eigenvalue weighted by molar-refractivity contribution is 5.90. The highest BCUT2D eigenvalue weighted by atomic mass is 19.1. The molecule has 0 saturated heterocycles. The Hall–Kier alpha value is -2.02. The molecule has 3 N–H and O–H groups in total. The zero-order valence-corrected chi connectivity index (χ0v) is 9.69. The second-order valence-corrected chi connectivity index (χ2v) is 3.72. The van der Waals surface area contributed by atoms with E-state index in [-0.39, 0.29) is 23.7 Å². The highest BCUT2D eigenvalue weighted by Gasteiger charge is 2.12. The molecule has 0 bridgehead atoms. The average molecular weight is 255 g/mol. The lowest BCUT2D eigenvalue weighted by atomic mass is 10.2. The van der Waals surface area contributed by atoms with Gasteiger partial charge in [0.2, 0.25) is 5.91 Å². The van der Waals surface area contributed by atoms with Crippen molar-refractivity contribution in [1.29, 1.82) is 0 Å². The van der Waals surface area contributed by atoms with Crippen LogP contribution in [0.2, 0.25) is 0 Å². The van der Waals surface area contributed by atoms with E-state index >= 15 is 0 Å². The molecule has 18 heavy (non-hydrogen) atoms. The molecule has 0 spiro atoms. The first-order valence-electron chi connectivity index (χ1n) is 5.48. The summed E-state index contributed by atoms with van der Waals surface area (Å²) >= 11 is 0. The summed E-state index contributed by atoms with van der Waals surface area (Å²) in [6.45, 7) is 0.499. The van der Waals surface area contributed by atoms with E-state index in [4.69, 9.17) is 5.73 Å². The maximum absolute atomic E-state index is 13.4. The van der Waals surface area contributed by atoms with Gasteiger partial charge in [0.05, 0.1) is 16.7 Å². The van der Waals surface area contributed by atoms with E-state index in [9.17, 15) is 19.3 Å². The molecule has 1 rings (SSSR count). The molecule has 0 heterocycles. The van der Waals surface area contributed by atoms with Gasteiger partial charge in [0.25, 0.3) is 5.69 Å². The van der Waals surface area contributed by atoms with Crippen molar-refractivity contribution in [2.24, 2.45) is 5.73 Å². The zero-order chi connectivity index (χ0) is 13.5. The van der Waals surface area contributed by atoms with Crippen LogP contribution in [-0.2, 0) is 4.79 Å². The summed E-state index contributed by atoms with van der Waals surface area (Å²) < 4.78 is 13.4. The Morgan fingerprint density at radius 2 is 2.17 bits per heavy atom. The number of anilines is 1. The Bertz CT molecular complexity index is 451. The molecular formula is C11H14FN3O3. The van der Waals surface area contributed by atoms with Crippen molar-refractivity contribution in [1.82, 2.24) is 0 Å². The predicted octanol–water partition coefficient (Wildman–Crippen LogP) is 1.80. The number of nitro benzene ring substituents is 1. The first kappa shape index (κ1) is 14.0. The molecule has 1 amide bonds. The molecular weight excluding hydrogens is 241 g/mol. The first-order valence-corrected chi connectivity index (χ1v) is 5.48. The number of nitrogens with two attached hydrogens (primary N) is 1. The first-order chi connectivity index (χ1) is 8.54. The summed E-state index contributed by atoms with van der Waals surface area (Å²) in [5.74, 6) is -1.16. The Morgan fingerprint density at radius 1 is 1.44 bits per heavy atom. The fourth-order valence-corrected chi connectivity index (χ4v) is 1.36. The van der Waals surface area contributed by atoms with Crippen LogP contribution < -0.4 is 11.1 Å². The monoisotopic (exact) mass is 255 g/mol. The number of amides is 1. The smallest absolute Gasteiger partial charge is 0.272 e. The van der Waals surface area contributed by atoms with E-state index in [1.807, 2.05) is 0 Å². The lowest BCUT2D eigenvalue weighted by Crippen LogP contribution is -2.13. The number of hydrogen-bond donors (Lipinski definition) is 2. The van der Waals surface area contributed by atoms with Crippen LogP contribution in [0.3, 0.4) is 0 Å². The lowest BCUT2D eigenvalue weighted by molar-refractivity contribution is -0.385. The molecule has 0 saturated carbocycles. The van der Waals surface area contributed by atoms with E-state index in [0.29, 0.717) is 13.0 Å². The molecule has 0 aliphatic rings. The van der Waals surface area contributed by atoms with Crippen molar-refractivity contribution >= 4 is 17.3 Å². The number of hydrogen-bond acceptors (Lipinski definition) is 4. The largest absolute Gasteiger partial charge is 0.330 e. The Balaban J connectivity index is 2.62. The van der Waals surface area contributed by atoms with Gasteiger partial charge in [-0.1, -0.05) is 0 Å². The molecule has 1 aromatic rings. The maximum atomic E-state index is 13.4. The van der Waals surface area contributed by atoms with Gasteiger partial charge in [0.15, 0.2) is 5.82 Å². The van der Waals surface area contributed by atoms with E-state index in [1.54, 1.807) is 0 Å². The average Bonchev–Trinajstić information content (AvgIpc) is 2.32. The van der Waals surface area contributed by atoms with Crippen LogP contribution in [0, 0.1) is 15.9 Å². The van der Waals surface area contributed by atoms with Crippen LogP contribution in [0.4, 0.5) is 15.8 Å². The maximum Gasteiger partial charge on any atom is 0.272 e. The minimum atomic E-state index is -0.823. The van der Waals surface area contributed by atoms with E-state index in [1.165, 1.54) is 6.07 Å². The molecule has 0 aromatic heterocycles. The van der Waals surface area contributed by atoms with Crippen molar-refractivity contribution in [3.8, 4) is 0 Å². The lowest BCUT2D eigenvalue weighted by Gasteiger charge is -2.05. The summed E-state index contributed by atoms with van der Waals surface area (Å²) in [5, 5.41) is 12.8. The summed E-state index contributed by atoms with van der Waals surface area (Å²) in [6, 6.07) is 3.09. The van der Waals surface area contributed by atoms with Crippen LogP contribution in [0.15, 0.2) is 18.2 Å². The number of nitro groups is 1. The van der Waals surface area contributed by atoms with E-state index in [0.717, 1.165) is 18.6 Å². The Morgan fingerprint density at radius 3 is 2.72 bits per heavy atom. The van der Waals surface area contributed by atoms with Crippen LogP contribution >= 0.6 is 0 Å². The zero-order valence-electron chi connectivity index (χ0n) is 9.69. The number of non-ortho nitro benzene ring substituents is 1. The van der Waals surface area contributed by atoms with E-state index < -0.39 is 10.7 Å². The molecule has 0 aliphatic heterocycles. The van der Waals surface area contributed by atoms with Crippen LogP contribution in [0.25, 0.3) is 0 Å². The third kappa shape index (κ3) is 4.10. The molecule has 0 unspecified atom stereocenters. The van der Waals surface area contributed by atoms with Gasteiger partial charge in [-0.25, -0.2) is 4.39 Å². The van der Waals surface area contributed by atoms with Gasteiger partial charge in [-0.05, 0) is 25.5 Å². The van der Waals surface area contributed by atoms with Crippen molar-refractivity contribution in [3.63, 3.8) is 0 Å². The van der Waals surface area contributed by atoms with Crippen molar-refractivity contribution in [3.05, 3.63) is 34.1 Å². The molecule has 0 fully saturated rings. The van der Waals surface area contributed by atoms with Gasteiger partial charge in [0, 0.05) is 12.5 Å². The Kier molecular flexibility index (Phi) is 5.19. The number of nitrogens with one attached hydrogen (secondary N) is 1. The van der Waals surface area contributed by atoms with Crippen LogP contribution in [0.1, 0.15) is 19.3 Å². The van der Waals surface area contributed by atoms with E-state index in [2.05, 4.69) is 5.32 Å². The topological polar surface area (TPSA) is 98.3 Å². The molecule has 7 heteroatoms. The molecule has 0 radical (unpaired) electrons. The number of rotatable bonds is 6. The van der Waals surface area contributed by atoms with Gasteiger partial charge in [-0.3, -0.25) is 14.9 Å². The fraction of sp³-hybridized carbons (Fsp3) is 0.364. The second kappa shape index (κ2) is 6.65. The fourth-order valence-electron chi connectivity index (χ4n) is 1.36. The standard InChI is InChI=1S/C11H14FN3O3/c12-9-7-8(15(17)18)4-5-10(9)14-11(16)3-1-2-6-13/h4-5,7H,1-3,6,13H2,(H,14,16). The number of unbranched alkanes of at least 4 members (excludes halogenated alkanes) is 1. The molecule has 0 atom stereocenters. The summed E-state index contributed by atoms with van der Waals surface area (Å²) in [6.07, 6.45) is 1.58. The van der Waals surface area contributed by atoms with Gasteiger partial charge in [-0.15, -0.1) is 0 Å². The summed E-state index contributed by atoms with van der Waals surface area (Å²) in [5.41, 5.74) is 4.87. The van der Waals surface area contributed by atoms with Crippen LogP contribution in [0.5, 0.6) is 0 Å². The number of carbonyl (C=O) groups is 1. The van der Waals surface area contributed by atoms with Crippen molar-refractivity contribution < 1.29 is 14.1 Å². The molecule has 98 valence electrons. The van der Waals surface area contributed by atoms with Gasteiger partial charge < -0.3 is 11.1 Å². The third-order valence-electron chi connectivity index (χ3n) is 2.30. The number of nitrogens with zero attached hydrogens (tertiary/aromatic N) is 1. The number of benzene rings is 1. The number of carbonyl (C=O) groups excluding carboxylic acids is 1. The highest BCUT2D eigenvalue weighted by Crippen LogP contribution is 2.20. The molecule has 1 aromatic carbocycles. The van der Waals surface area contributed by atoms with Crippen LogP contribution in [-0.4, -0.2) is 17.4 Å². The second-order valence-electron chi connectivity index (χ2n) is 3.72. The third-order valence-corrected chi connectivity index (χ3v) is 2.30. The summed E-state index contributed by atoms with van der Waals surface area (Å²) in [4.78, 5) is 21.1. The SMILES string of the molecule is NCCCCC(=O)Nc1ccc([N+](=O)[O-])cc1F. The number of halogens is 1. The van der Waals surface area contributed by atoms with Crippen molar-refractivity contribution in [2.45, 2.75) is 19.3 Å². The minimum absolute atomic E-state index is 0.0571. The predicted molar refractivity (Wildman–Crippen MR) is 64.6 cm³/mol. The minimum Gasteiger partial charge on any atom is -0.330 e. The normalized spacial score (nSPS) is 10.1.